The molecule has 2 rings (SSSR count). The van der Waals surface area contributed by atoms with Crippen molar-refractivity contribution < 1.29 is 0 Å². The average molecular weight is 174 g/mol. The van der Waals surface area contributed by atoms with Crippen molar-refractivity contribution in [2.75, 3.05) is 0 Å². The molecule has 0 aliphatic heterocycles. The summed E-state index contributed by atoms with van der Waals surface area (Å²) < 4.78 is 0. The van der Waals surface area contributed by atoms with E-state index in [1.165, 1.54) is 22.2 Å². The van der Waals surface area contributed by atoms with Gasteiger partial charge >= 0.3 is 0 Å². The maximum Gasteiger partial charge on any atom is 0.0495 e. The molecule has 0 spiro atoms. The maximum atomic E-state index is 4.46. The minimum absolute atomic E-state index is 1.08. The summed E-state index contributed by atoms with van der Waals surface area (Å²) in [5.74, 6) is 0. The van der Waals surface area contributed by atoms with E-state index in [4.69, 9.17) is 0 Å². The minimum atomic E-state index is 1.08. The molecule has 0 aromatic carbocycles. The van der Waals surface area contributed by atoms with Crippen LogP contribution >= 0.6 is 0 Å². The molecular weight excluding hydrogens is 160 g/mol. The third-order valence-corrected chi connectivity index (χ3v) is 2.59. The summed E-state index contributed by atoms with van der Waals surface area (Å²) in [6.07, 6.45) is 0. The van der Waals surface area contributed by atoms with Crippen LogP contribution in [0.15, 0.2) is 6.07 Å². The molecule has 2 heteroatoms. The molecule has 0 bridgehead atoms. The van der Waals surface area contributed by atoms with Gasteiger partial charge in [0, 0.05) is 28.0 Å². The van der Waals surface area contributed by atoms with Gasteiger partial charge < -0.3 is 4.98 Å². The van der Waals surface area contributed by atoms with Gasteiger partial charge in [0.05, 0.1) is 0 Å². The van der Waals surface area contributed by atoms with Crippen molar-refractivity contribution >= 4 is 10.9 Å². The van der Waals surface area contributed by atoms with E-state index in [1.54, 1.807) is 0 Å². The predicted molar refractivity (Wildman–Crippen MR) is 55.0 cm³/mol. The summed E-state index contributed by atoms with van der Waals surface area (Å²) >= 11 is 0. The largest absolute Gasteiger partial charge is 0.358 e. The average Bonchev–Trinajstić information content (AvgIpc) is 2.27. The van der Waals surface area contributed by atoms with Crippen molar-refractivity contribution in [2.24, 2.45) is 0 Å². The summed E-state index contributed by atoms with van der Waals surface area (Å²) in [4.78, 5) is 7.82. The molecule has 0 fully saturated rings. The van der Waals surface area contributed by atoms with E-state index in [2.05, 4.69) is 36.8 Å². The second kappa shape index (κ2) is 2.59. The van der Waals surface area contributed by atoms with Crippen LogP contribution in [0.1, 0.15) is 22.6 Å². The molecule has 0 aliphatic rings. The Hall–Kier alpha value is -1.31. The standard InChI is InChI=1S/C11H14N2/c1-6-5-10-11(9(4)12-6)7(2)8(3)13-10/h5,13H,1-4H3. The summed E-state index contributed by atoms with van der Waals surface area (Å²) in [6, 6.07) is 2.10. The summed E-state index contributed by atoms with van der Waals surface area (Å²) in [6.45, 7) is 8.33. The summed E-state index contributed by atoms with van der Waals surface area (Å²) in [5.41, 5.74) is 5.97. The predicted octanol–water partition coefficient (Wildman–Crippen LogP) is 2.80. The quantitative estimate of drug-likeness (QED) is 0.653. The van der Waals surface area contributed by atoms with Crippen LogP contribution in [0.5, 0.6) is 0 Å². The highest BCUT2D eigenvalue weighted by molar-refractivity contribution is 5.86. The molecule has 2 aromatic heterocycles. The van der Waals surface area contributed by atoms with Gasteiger partial charge in [0.2, 0.25) is 0 Å². The summed E-state index contributed by atoms with van der Waals surface area (Å²) in [7, 11) is 0. The highest BCUT2D eigenvalue weighted by Crippen LogP contribution is 2.23. The Labute approximate surface area is 78.0 Å². The number of pyridine rings is 1. The van der Waals surface area contributed by atoms with Gasteiger partial charge in [-0.2, -0.15) is 0 Å². The van der Waals surface area contributed by atoms with Crippen molar-refractivity contribution in [1.82, 2.24) is 9.97 Å². The molecular formula is C11H14N2. The molecule has 13 heavy (non-hydrogen) atoms. The number of aromatic amines is 1. The fraction of sp³-hybridized carbons (Fsp3) is 0.364. The number of fused-ring (bicyclic) bond motifs is 1. The highest BCUT2D eigenvalue weighted by Gasteiger charge is 2.07. The molecule has 0 unspecified atom stereocenters. The van der Waals surface area contributed by atoms with Gasteiger partial charge in [-0.15, -0.1) is 0 Å². The lowest BCUT2D eigenvalue weighted by Gasteiger charge is -1.98. The monoisotopic (exact) mass is 174 g/mol. The van der Waals surface area contributed by atoms with Crippen LogP contribution in [0, 0.1) is 27.7 Å². The lowest BCUT2D eigenvalue weighted by molar-refractivity contribution is 1.15. The second-order valence-electron chi connectivity index (χ2n) is 3.65. The number of nitrogens with zero attached hydrogens (tertiary/aromatic N) is 1. The molecule has 2 nitrogen and oxygen atoms in total. The van der Waals surface area contributed by atoms with Crippen LogP contribution in [0.2, 0.25) is 0 Å². The smallest absolute Gasteiger partial charge is 0.0495 e. The van der Waals surface area contributed by atoms with Gasteiger partial charge in [0.15, 0.2) is 0 Å². The number of nitrogens with one attached hydrogen (secondary N) is 1. The Bertz CT molecular complexity index is 466. The van der Waals surface area contributed by atoms with Crippen LogP contribution in [0.25, 0.3) is 10.9 Å². The number of aryl methyl sites for hydroxylation is 4. The first-order chi connectivity index (χ1) is 6.09. The lowest BCUT2D eigenvalue weighted by atomic mass is 10.1. The van der Waals surface area contributed by atoms with Crippen molar-refractivity contribution in [3.63, 3.8) is 0 Å². The molecule has 68 valence electrons. The van der Waals surface area contributed by atoms with Crippen molar-refractivity contribution in [1.29, 1.82) is 0 Å². The molecule has 0 saturated heterocycles. The Kier molecular flexibility index (Phi) is 1.65. The van der Waals surface area contributed by atoms with Crippen LogP contribution < -0.4 is 0 Å². The van der Waals surface area contributed by atoms with Crippen LogP contribution in [-0.4, -0.2) is 9.97 Å². The topological polar surface area (TPSA) is 28.7 Å². The van der Waals surface area contributed by atoms with Crippen molar-refractivity contribution in [3.05, 3.63) is 28.7 Å². The zero-order valence-corrected chi connectivity index (χ0v) is 8.52. The molecule has 0 saturated carbocycles. The van der Waals surface area contributed by atoms with Gasteiger partial charge in [0.25, 0.3) is 0 Å². The van der Waals surface area contributed by atoms with Crippen LogP contribution in [0.4, 0.5) is 0 Å². The Balaban J connectivity index is 2.94. The van der Waals surface area contributed by atoms with Gasteiger partial charge in [0.1, 0.15) is 0 Å². The number of hydrogen-bond donors (Lipinski definition) is 1. The number of aromatic nitrogens is 2. The van der Waals surface area contributed by atoms with Crippen LogP contribution in [0.3, 0.4) is 0 Å². The molecule has 1 N–H and O–H groups in total. The van der Waals surface area contributed by atoms with E-state index in [9.17, 15) is 0 Å². The van der Waals surface area contributed by atoms with E-state index >= 15 is 0 Å². The Morgan fingerprint density at radius 3 is 2.54 bits per heavy atom. The van der Waals surface area contributed by atoms with Gasteiger partial charge in [-0.1, -0.05) is 0 Å². The molecule has 0 atom stereocenters. The number of rotatable bonds is 0. The van der Waals surface area contributed by atoms with E-state index < -0.39 is 0 Å². The maximum absolute atomic E-state index is 4.46. The van der Waals surface area contributed by atoms with Gasteiger partial charge in [-0.3, -0.25) is 4.98 Å². The van der Waals surface area contributed by atoms with Gasteiger partial charge in [-0.25, -0.2) is 0 Å². The third kappa shape index (κ3) is 1.13. The summed E-state index contributed by atoms with van der Waals surface area (Å²) in [5, 5.41) is 1.28. The van der Waals surface area contributed by atoms with E-state index in [0.29, 0.717) is 0 Å². The first kappa shape index (κ1) is 8.30. The normalized spacial score (nSPS) is 11.1. The number of hydrogen-bond acceptors (Lipinski definition) is 1. The van der Waals surface area contributed by atoms with Crippen molar-refractivity contribution in [3.8, 4) is 0 Å². The fourth-order valence-electron chi connectivity index (χ4n) is 1.88. The zero-order chi connectivity index (χ0) is 9.59. The van der Waals surface area contributed by atoms with E-state index in [0.717, 1.165) is 11.4 Å². The van der Waals surface area contributed by atoms with E-state index in [-0.39, 0.29) is 0 Å². The first-order valence-corrected chi connectivity index (χ1v) is 4.52. The molecule has 0 aliphatic carbocycles. The first-order valence-electron chi connectivity index (χ1n) is 4.52. The van der Waals surface area contributed by atoms with E-state index in [1.807, 2.05) is 6.92 Å². The SMILES string of the molecule is Cc1cc2[nH]c(C)c(C)c2c(C)n1. The fourth-order valence-corrected chi connectivity index (χ4v) is 1.88. The minimum Gasteiger partial charge on any atom is -0.358 e. The lowest BCUT2D eigenvalue weighted by Crippen LogP contribution is -1.86. The molecule has 0 amide bonds. The zero-order valence-electron chi connectivity index (χ0n) is 8.52. The third-order valence-electron chi connectivity index (χ3n) is 2.59. The highest BCUT2D eigenvalue weighted by atomic mass is 14.8. The Morgan fingerprint density at radius 1 is 1.15 bits per heavy atom. The van der Waals surface area contributed by atoms with Crippen molar-refractivity contribution in [2.45, 2.75) is 27.7 Å². The molecule has 2 heterocycles. The second-order valence-corrected chi connectivity index (χ2v) is 3.65. The number of H-pyrrole nitrogens is 1. The van der Waals surface area contributed by atoms with Crippen LogP contribution in [-0.2, 0) is 0 Å². The Morgan fingerprint density at radius 2 is 1.85 bits per heavy atom. The van der Waals surface area contributed by atoms with Gasteiger partial charge in [-0.05, 0) is 39.3 Å². The molecule has 0 radical (unpaired) electrons. The molecule has 2 aromatic rings.